The number of fused-ring (bicyclic) bond motifs is 1. The van der Waals surface area contributed by atoms with Crippen LogP contribution >= 0.6 is 12.2 Å². The van der Waals surface area contributed by atoms with E-state index >= 15 is 0 Å². The third-order valence-electron chi connectivity index (χ3n) is 3.02. The molecule has 0 unspecified atom stereocenters. The Kier molecular flexibility index (Phi) is 2.53. The maximum atomic E-state index is 5.34. The molecule has 0 atom stereocenters. The highest BCUT2D eigenvalue weighted by atomic mass is 32.1. The van der Waals surface area contributed by atoms with Crippen molar-refractivity contribution in [3.8, 4) is 11.5 Å². The lowest BCUT2D eigenvalue weighted by atomic mass is 10.1. The summed E-state index contributed by atoms with van der Waals surface area (Å²) in [6, 6.07) is 0. The molecule has 0 radical (unpaired) electrons. The summed E-state index contributed by atoms with van der Waals surface area (Å²) in [5.41, 5.74) is 3.27. The molecule has 1 aliphatic rings. The first-order valence-electron chi connectivity index (χ1n) is 5.55. The first kappa shape index (κ1) is 10.6. The molecule has 2 aromatic heterocycles. The Labute approximate surface area is 104 Å². The molecule has 1 aliphatic heterocycles. The lowest BCUT2D eigenvalue weighted by molar-refractivity contribution is 0.624. The zero-order chi connectivity index (χ0) is 11.8. The van der Waals surface area contributed by atoms with Crippen LogP contribution in [0.1, 0.15) is 11.3 Å². The van der Waals surface area contributed by atoms with E-state index in [2.05, 4.69) is 20.3 Å². The van der Waals surface area contributed by atoms with Gasteiger partial charge in [0.25, 0.3) is 0 Å². The number of aryl methyl sites for hydroxylation is 1. The van der Waals surface area contributed by atoms with E-state index in [9.17, 15) is 0 Å². The molecule has 0 bridgehead atoms. The van der Waals surface area contributed by atoms with Gasteiger partial charge >= 0.3 is 0 Å². The van der Waals surface area contributed by atoms with Crippen LogP contribution < -0.4 is 5.32 Å². The molecule has 5 nitrogen and oxygen atoms in total. The quantitative estimate of drug-likeness (QED) is 0.743. The van der Waals surface area contributed by atoms with Crippen LogP contribution in [0.2, 0.25) is 0 Å². The maximum absolute atomic E-state index is 5.34. The molecular formula is C11H13N5S. The molecule has 3 heterocycles. The Morgan fingerprint density at radius 1 is 1.47 bits per heavy atom. The number of nitrogens with zero attached hydrogens (tertiary/aromatic N) is 3. The summed E-state index contributed by atoms with van der Waals surface area (Å²) in [7, 11) is 1.95. The lowest BCUT2D eigenvalue weighted by Gasteiger charge is -2.17. The first-order valence-corrected chi connectivity index (χ1v) is 5.96. The van der Waals surface area contributed by atoms with Gasteiger partial charge in [0, 0.05) is 37.8 Å². The average Bonchev–Trinajstić information content (AvgIpc) is 2.75. The molecule has 2 aromatic rings. The number of H-pyrrole nitrogens is 1. The van der Waals surface area contributed by atoms with Gasteiger partial charge in [0.1, 0.15) is 10.3 Å². The summed E-state index contributed by atoms with van der Waals surface area (Å²) >= 11 is 5.34. The van der Waals surface area contributed by atoms with Crippen LogP contribution in [0.25, 0.3) is 11.5 Å². The predicted molar refractivity (Wildman–Crippen MR) is 67.0 cm³/mol. The second-order valence-electron chi connectivity index (χ2n) is 4.16. The number of aromatic amines is 1. The van der Waals surface area contributed by atoms with Gasteiger partial charge in [-0.3, -0.25) is 0 Å². The van der Waals surface area contributed by atoms with Crippen LogP contribution in [0.15, 0.2) is 12.5 Å². The van der Waals surface area contributed by atoms with E-state index in [1.165, 1.54) is 5.69 Å². The molecule has 0 aliphatic carbocycles. The van der Waals surface area contributed by atoms with Crippen molar-refractivity contribution in [3.63, 3.8) is 0 Å². The minimum atomic E-state index is 0.683. The molecule has 0 amide bonds. The monoisotopic (exact) mass is 247 g/mol. The van der Waals surface area contributed by atoms with Crippen molar-refractivity contribution in [2.45, 2.75) is 13.0 Å². The molecule has 2 N–H and O–H groups in total. The topological polar surface area (TPSA) is 58.5 Å². The summed E-state index contributed by atoms with van der Waals surface area (Å²) in [5.74, 6) is 0.802. The predicted octanol–water partition coefficient (Wildman–Crippen LogP) is 1.19. The molecule has 17 heavy (non-hydrogen) atoms. The fourth-order valence-electron chi connectivity index (χ4n) is 2.07. The van der Waals surface area contributed by atoms with Crippen LogP contribution in [-0.2, 0) is 20.0 Å². The zero-order valence-electron chi connectivity index (χ0n) is 9.53. The van der Waals surface area contributed by atoms with E-state index in [-0.39, 0.29) is 0 Å². The van der Waals surface area contributed by atoms with E-state index in [1.807, 2.05) is 11.6 Å². The second-order valence-corrected chi connectivity index (χ2v) is 4.55. The van der Waals surface area contributed by atoms with Crippen LogP contribution in [-0.4, -0.2) is 26.1 Å². The highest BCUT2D eigenvalue weighted by Crippen LogP contribution is 2.18. The Hall–Kier alpha value is -1.53. The van der Waals surface area contributed by atoms with Crippen molar-refractivity contribution < 1.29 is 0 Å². The molecule has 0 saturated carbocycles. The largest absolute Gasteiger partial charge is 0.341 e. The summed E-state index contributed by atoms with van der Waals surface area (Å²) in [6.45, 7) is 1.79. The molecule has 88 valence electrons. The number of nitrogens with one attached hydrogen (secondary N) is 2. The third kappa shape index (κ3) is 1.79. The fourth-order valence-corrected chi connectivity index (χ4v) is 2.36. The number of aromatic nitrogens is 4. The van der Waals surface area contributed by atoms with E-state index in [4.69, 9.17) is 12.2 Å². The first-order chi connectivity index (χ1) is 8.25. The van der Waals surface area contributed by atoms with Gasteiger partial charge < -0.3 is 14.9 Å². The van der Waals surface area contributed by atoms with Gasteiger partial charge in [-0.1, -0.05) is 12.2 Å². The average molecular weight is 247 g/mol. The summed E-state index contributed by atoms with van der Waals surface area (Å²) in [5, 5.41) is 3.30. The maximum Gasteiger partial charge on any atom is 0.157 e. The van der Waals surface area contributed by atoms with Gasteiger partial charge in [-0.25, -0.2) is 9.97 Å². The number of imidazole rings is 1. The van der Waals surface area contributed by atoms with Crippen molar-refractivity contribution in [2.75, 3.05) is 6.54 Å². The van der Waals surface area contributed by atoms with Crippen LogP contribution in [0.4, 0.5) is 0 Å². The molecule has 0 fully saturated rings. The summed E-state index contributed by atoms with van der Waals surface area (Å²) in [6.07, 6.45) is 4.52. The van der Waals surface area contributed by atoms with Gasteiger partial charge in [-0.15, -0.1) is 0 Å². The minimum absolute atomic E-state index is 0.683. The van der Waals surface area contributed by atoms with Crippen LogP contribution in [0.5, 0.6) is 0 Å². The standard InChI is InChI=1S/C11H13N5S/c1-16-6-13-5-9(16)10-14-8-2-3-12-4-7(8)11(17)15-10/h5-6,12H,2-4H2,1H3,(H,14,15,17). The van der Waals surface area contributed by atoms with Crippen molar-refractivity contribution in [2.24, 2.45) is 7.05 Å². The van der Waals surface area contributed by atoms with Crippen LogP contribution in [0.3, 0.4) is 0 Å². The normalized spacial score (nSPS) is 14.6. The van der Waals surface area contributed by atoms with E-state index in [1.54, 1.807) is 12.5 Å². The van der Waals surface area contributed by atoms with Gasteiger partial charge in [0.2, 0.25) is 0 Å². The zero-order valence-corrected chi connectivity index (χ0v) is 10.3. The van der Waals surface area contributed by atoms with Crippen molar-refractivity contribution in [1.82, 2.24) is 24.8 Å². The number of rotatable bonds is 1. The smallest absolute Gasteiger partial charge is 0.157 e. The third-order valence-corrected chi connectivity index (χ3v) is 3.36. The van der Waals surface area contributed by atoms with Gasteiger partial charge in [-0.2, -0.15) is 0 Å². The van der Waals surface area contributed by atoms with Crippen LogP contribution in [0, 0.1) is 4.64 Å². The Morgan fingerprint density at radius 2 is 2.35 bits per heavy atom. The lowest BCUT2D eigenvalue weighted by Crippen LogP contribution is -2.25. The van der Waals surface area contributed by atoms with Crippen molar-refractivity contribution in [3.05, 3.63) is 28.4 Å². The number of hydrogen-bond donors (Lipinski definition) is 2. The molecule has 0 aromatic carbocycles. The fraction of sp³-hybridized carbons (Fsp3) is 0.364. The van der Waals surface area contributed by atoms with E-state index in [0.717, 1.165) is 36.6 Å². The Morgan fingerprint density at radius 3 is 3.12 bits per heavy atom. The summed E-state index contributed by atoms with van der Waals surface area (Å²) in [4.78, 5) is 11.9. The van der Waals surface area contributed by atoms with Gasteiger partial charge in [-0.05, 0) is 0 Å². The summed E-state index contributed by atoms with van der Waals surface area (Å²) < 4.78 is 2.61. The SMILES string of the molecule is Cn1cncc1-c1nc(=S)c2c([nH]1)CCNC2. The molecular weight excluding hydrogens is 234 g/mol. The van der Waals surface area contributed by atoms with E-state index < -0.39 is 0 Å². The molecule has 0 saturated heterocycles. The number of hydrogen-bond acceptors (Lipinski definition) is 4. The Balaban J connectivity index is 2.17. The van der Waals surface area contributed by atoms with Gasteiger partial charge in [0.15, 0.2) is 5.82 Å². The Bertz CT molecular complexity index is 613. The highest BCUT2D eigenvalue weighted by molar-refractivity contribution is 7.71. The van der Waals surface area contributed by atoms with Crippen molar-refractivity contribution in [1.29, 1.82) is 0 Å². The molecule has 3 rings (SSSR count). The molecule has 0 spiro atoms. The second kappa shape index (κ2) is 4.05. The van der Waals surface area contributed by atoms with Gasteiger partial charge in [0.05, 0.1) is 12.5 Å². The molecule has 6 heteroatoms. The van der Waals surface area contributed by atoms with Crippen molar-refractivity contribution >= 4 is 12.2 Å². The van der Waals surface area contributed by atoms with E-state index in [0.29, 0.717) is 4.64 Å². The minimum Gasteiger partial charge on any atom is -0.341 e. The highest BCUT2D eigenvalue weighted by Gasteiger charge is 2.14.